The summed E-state index contributed by atoms with van der Waals surface area (Å²) in [6.45, 7) is 0.190. The predicted octanol–water partition coefficient (Wildman–Crippen LogP) is 3.99. The van der Waals surface area contributed by atoms with Crippen LogP contribution in [-0.2, 0) is 6.61 Å². The lowest BCUT2D eigenvalue weighted by Gasteiger charge is -2.10. The van der Waals surface area contributed by atoms with Gasteiger partial charge in [-0.2, -0.15) is 0 Å². The Labute approximate surface area is 124 Å². The molecular weight excluding hydrogens is 327 g/mol. The number of ether oxygens (including phenoxy) is 2. The van der Waals surface area contributed by atoms with Gasteiger partial charge in [0, 0.05) is 15.6 Å². The Morgan fingerprint density at radius 3 is 2.70 bits per heavy atom. The van der Waals surface area contributed by atoms with E-state index in [4.69, 9.17) is 9.47 Å². The highest BCUT2D eigenvalue weighted by Gasteiger charge is 2.07. The molecule has 0 amide bonds. The highest BCUT2D eigenvalue weighted by Crippen LogP contribution is 2.25. The molecule has 0 aromatic heterocycles. The van der Waals surface area contributed by atoms with Crippen molar-refractivity contribution in [1.82, 2.24) is 0 Å². The van der Waals surface area contributed by atoms with Gasteiger partial charge >= 0.3 is 0 Å². The van der Waals surface area contributed by atoms with Crippen molar-refractivity contribution in [3.8, 4) is 11.5 Å². The summed E-state index contributed by atoms with van der Waals surface area (Å²) in [5.41, 5.74) is 1.11. The Hall–Kier alpha value is -1.88. The van der Waals surface area contributed by atoms with Crippen molar-refractivity contribution < 1.29 is 18.7 Å². The zero-order valence-corrected chi connectivity index (χ0v) is 12.3. The molecule has 2 aromatic rings. The SMILES string of the molecule is COc1ccc(Br)c(COc2ccc(C=O)cc2F)c1. The van der Waals surface area contributed by atoms with Crippen LogP contribution in [0.25, 0.3) is 0 Å². The molecule has 0 fully saturated rings. The van der Waals surface area contributed by atoms with Crippen LogP contribution in [0.15, 0.2) is 40.9 Å². The second kappa shape index (κ2) is 6.52. The minimum atomic E-state index is -0.561. The molecule has 0 radical (unpaired) electrons. The monoisotopic (exact) mass is 338 g/mol. The smallest absolute Gasteiger partial charge is 0.165 e. The number of methoxy groups -OCH3 is 1. The lowest BCUT2D eigenvalue weighted by Crippen LogP contribution is -1.99. The number of carbonyl (C=O) groups is 1. The third kappa shape index (κ3) is 3.36. The number of hydrogen-bond acceptors (Lipinski definition) is 3. The fourth-order valence-electron chi connectivity index (χ4n) is 1.65. The van der Waals surface area contributed by atoms with Gasteiger partial charge in [-0.15, -0.1) is 0 Å². The molecule has 0 atom stereocenters. The Morgan fingerprint density at radius 2 is 2.05 bits per heavy atom. The Balaban J connectivity index is 2.14. The summed E-state index contributed by atoms with van der Waals surface area (Å²) in [4.78, 5) is 10.5. The van der Waals surface area contributed by atoms with Crippen molar-refractivity contribution in [3.05, 3.63) is 57.8 Å². The first-order chi connectivity index (χ1) is 9.63. The van der Waals surface area contributed by atoms with Gasteiger partial charge in [-0.3, -0.25) is 4.79 Å². The summed E-state index contributed by atoms with van der Waals surface area (Å²) in [6.07, 6.45) is 0.589. The lowest BCUT2D eigenvalue weighted by atomic mass is 10.2. The third-order valence-electron chi connectivity index (χ3n) is 2.73. The fourth-order valence-corrected chi connectivity index (χ4v) is 2.01. The molecule has 0 aliphatic rings. The van der Waals surface area contributed by atoms with Gasteiger partial charge in [0.15, 0.2) is 11.6 Å². The Bertz CT molecular complexity index is 629. The fraction of sp³-hybridized carbons (Fsp3) is 0.133. The molecule has 0 N–H and O–H groups in total. The van der Waals surface area contributed by atoms with E-state index in [1.54, 1.807) is 7.11 Å². The van der Waals surface area contributed by atoms with Gasteiger partial charge in [0.1, 0.15) is 18.6 Å². The molecule has 5 heteroatoms. The van der Waals surface area contributed by atoms with Gasteiger partial charge in [0.2, 0.25) is 0 Å². The van der Waals surface area contributed by atoms with Crippen LogP contribution in [-0.4, -0.2) is 13.4 Å². The summed E-state index contributed by atoms with van der Waals surface area (Å²) in [6, 6.07) is 9.54. The van der Waals surface area contributed by atoms with E-state index in [0.29, 0.717) is 12.0 Å². The van der Waals surface area contributed by atoms with E-state index < -0.39 is 5.82 Å². The van der Waals surface area contributed by atoms with E-state index in [-0.39, 0.29) is 17.9 Å². The molecule has 2 aromatic carbocycles. The summed E-state index contributed by atoms with van der Waals surface area (Å²) in [5.74, 6) is 0.238. The minimum absolute atomic E-state index is 0.102. The van der Waals surface area contributed by atoms with E-state index in [0.717, 1.165) is 16.1 Å². The average Bonchev–Trinajstić information content (AvgIpc) is 2.47. The van der Waals surface area contributed by atoms with E-state index in [9.17, 15) is 9.18 Å². The van der Waals surface area contributed by atoms with Crippen molar-refractivity contribution in [2.75, 3.05) is 7.11 Å². The van der Waals surface area contributed by atoms with Gasteiger partial charge in [-0.25, -0.2) is 4.39 Å². The number of aldehydes is 1. The van der Waals surface area contributed by atoms with E-state index in [1.807, 2.05) is 18.2 Å². The van der Waals surface area contributed by atoms with Crippen molar-refractivity contribution in [2.24, 2.45) is 0 Å². The van der Waals surface area contributed by atoms with Crippen molar-refractivity contribution in [1.29, 1.82) is 0 Å². The number of benzene rings is 2. The van der Waals surface area contributed by atoms with Crippen LogP contribution < -0.4 is 9.47 Å². The zero-order chi connectivity index (χ0) is 14.5. The van der Waals surface area contributed by atoms with E-state index in [1.165, 1.54) is 12.1 Å². The maximum absolute atomic E-state index is 13.7. The predicted molar refractivity (Wildman–Crippen MR) is 76.8 cm³/mol. The number of hydrogen-bond donors (Lipinski definition) is 0. The topological polar surface area (TPSA) is 35.5 Å². The van der Waals surface area contributed by atoms with Crippen LogP contribution in [0.5, 0.6) is 11.5 Å². The normalized spacial score (nSPS) is 10.2. The number of carbonyl (C=O) groups excluding carboxylic acids is 1. The highest BCUT2D eigenvalue weighted by atomic mass is 79.9. The third-order valence-corrected chi connectivity index (χ3v) is 3.50. The summed E-state index contributed by atoms with van der Waals surface area (Å²) < 4.78 is 25.1. The highest BCUT2D eigenvalue weighted by molar-refractivity contribution is 9.10. The summed E-state index contributed by atoms with van der Waals surface area (Å²) in [7, 11) is 1.58. The lowest BCUT2D eigenvalue weighted by molar-refractivity contribution is 0.112. The first-order valence-corrected chi connectivity index (χ1v) is 6.63. The van der Waals surface area contributed by atoms with Crippen LogP contribution in [0.2, 0.25) is 0 Å². The van der Waals surface area contributed by atoms with Gasteiger partial charge in [-0.05, 0) is 36.4 Å². The number of rotatable bonds is 5. The molecule has 0 heterocycles. The average molecular weight is 339 g/mol. The quantitative estimate of drug-likeness (QED) is 0.773. The molecule has 20 heavy (non-hydrogen) atoms. The standard InChI is InChI=1S/C15H12BrFO3/c1-19-12-3-4-13(16)11(7-12)9-20-15-5-2-10(8-18)6-14(15)17/h2-8H,9H2,1H3. The molecular formula is C15H12BrFO3. The van der Waals surface area contributed by atoms with Crippen molar-refractivity contribution in [2.45, 2.75) is 6.61 Å². The number of halogens is 2. The van der Waals surface area contributed by atoms with Crippen molar-refractivity contribution in [3.63, 3.8) is 0 Å². The van der Waals surface area contributed by atoms with Gasteiger partial charge in [0.25, 0.3) is 0 Å². The Kier molecular flexibility index (Phi) is 4.74. The molecule has 0 bridgehead atoms. The second-order valence-electron chi connectivity index (χ2n) is 4.05. The van der Waals surface area contributed by atoms with Crippen LogP contribution >= 0.6 is 15.9 Å². The first-order valence-electron chi connectivity index (χ1n) is 5.84. The molecule has 104 valence electrons. The van der Waals surface area contributed by atoms with Crippen LogP contribution in [0.4, 0.5) is 4.39 Å². The van der Waals surface area contributed by atoms with Crippen LogP contribution in [0.1, 0.15) is 15.9 Å². The molecule has 3 nitrogen and oxygen atoms in total. The molecule has 2 rings (SSSR count). The maximum atomic E-state index is 13.7. The molecule has 0 aliphatic carbocycles. The van der Waals surface area contributed by atoms with Gasteiger partial charge < -0.3 is 9.47 Å². The minimum Gasteiger partial charge on any atom is -0.497 e. The van der Waals surface area contributed by atoms with Gasteiger partial charge in [0.05, 0.1) is 7.11 Å². The first kappa shape index (κ1) is 14.5. The molecule has 0 saturated heterocycles. The van der Waals surface area contributed by atoms with Crippen LogP contribution in [0, 0.1) is 5.82 Å². The van der Waals surface area contributed by atoms with Crippen molar-refractivity contribution >= 4 is 22.2 Å². The Morgan fingerprint density at radius 1 is 1.25 bits per heavy atom. The molecule has 0 aliphatic heterocycles. The molecule has 0 unspecified atom stereocenters. The summed E-state index contributed by atoms with van der Waals surface area (Å²) >= 11 is 3.40. The van der Waals surface area contributed by atoms with Gasteiger partial charge in [-0.1, -0.05) is 15.9 Å². The maximum Gasteiger partial charge on any atom is 0.165 e. The van der Waals surface area contributed by atoms with Crippen LogP contribution in [0.3, 0.4) is 0 Å². The molecule has 0 spiro atoms. The second-order valence-corrected chi connectivity index (χ2v) is 4.91. The zero-order valence-electron chi connectivity index (χ0n) is 10.7. The largest absolute Gasteiger partial charge is 0.497 e. The van der Waals surface area contributed by atoms with E-state index in [2.05, 4.69) is 15.9 Å². The molecule has 0 saturated carbocycles. The summed E-state index contributed by atoms with van der Waals surface area (Å²) in [5, 5.41) is 0. The van der Waals surface area contributed by atoms with E-state index >= 15 is 0 Å².